The van der Waals surface area contributed by atoms with Gasteiger partial charge in [0.1, 0.15) is 11.5 Å². The number of nitrogens with zero attached hydrogens (tertiary/aromatic N) is 4. The molecule has 4 heterocycles. The molecule has 0 N–H and O–H groups in total. The van der Waals surface area contributed by atoms with Gasteiger partial charge in [-0.05, 0) is 24.8 Å². The Labute approximate surface area is 148 Å². The van der Waals surface area contributed by atoms with Gasteiger partial charge in [-0.25, -0.2) is 14.8 Å². The largest absolute Gasteiger partial charge is 0.449 e. The number of cyclic esters (lactones) is 1. The lowest BCUT2D eigenvalue weighted by Crippen LogP contribution is -2.39. The molecule has 1 saturated heterocycles. The summed E-state index contributed by atoms with van der Waals surface area (Å²) in [6, 6.07) is 3.95. The van der Waals surface area contributed by atoms with Crippen LogP contribution in [0.3, 0.4) is 0 Å². The number of ether oxygens (including phenoxy) is 1. The van der Waals surface area contributed by atoms with Gasteiger partial charge in [0.25, 0.3) is 0 Å². The van der Waals surface area contributed by atoms with Gasteiger partial charge < -0.3 is 18.6 Å². The summed E-state index contributed by atoms with van der Waals surface area (Å²) in [7, 11) is 0. The normalized spacial score (nSPS) is 14.8. The monoisotopic (exact) mass is 358 g/mol. The van der Waals surface area contributed by atoms with Gasteiger partial charge >= 0.3 is 6.09 Å². The fourth-order valence-corrected chi connectivity index (χ4v) is 3.49. The molecular weight excluding hydrogens is 340 g/mol. The molecule has 0 unspecified atom stereocenters. The molecule has 0 saturated carbocycles. The van der Waals surface area contributed by atoms with Crippen LogP contribution < -0.4 is 0 Å². The number of hydrogen-bond acceptors (Lipinski definition) is 6. The number of amides is 1. The number of carbonyl (C=O) groups excluding carboxylic acids is 1. The van der Waals surface area contributed by atoms with E-state index in [1.807, 2.05) is 35.2 Å². The number of aryl methyl sites for hydroxylation is 1. The van der Waals surface area contributed by atoms with E-state index in [1.165, 1.54) is 0 Å². The number of hydrogen-bond donors (Lipinski definition) is 0. The molecule has 3 aromatic rings. The van der Waals surface area contributed by atoms with E-state index < -0.39 is 0 Å². The average molecular weight is 358 g/mol. The van der Waals surface area contributed by atoms with Gasteiger partial charge in [0, 0.05) is 32.0 Å². The van der Waals surface area contributed by atoms with E-state index in [-0.39, 0.29) is 6.09 Å². The second-order valence-electron chi connectivity index (χ2n) is 5.80. The van der Waals surface area contributed by atoms with Crippen molar-refractivity contribution in [2.75, 3.05) is 19.7 Å². The van der Waals surface area contributed by atoms with E-state index >= 15 is 0 Å². The van der Waals surface area contributed by atoms with Crippen molar-refractivity contribution in [1.82, 2.24) is 19.4 Å². The fraction of sp³-hybridized carbons (Fsp3) is 0.353. The lowest BCUT2D eigenvalue weighted by Gasteiger charge is -2.26. The number of aromatic nitrogens is 3. The first kappa shape index (κ1) is 15.9. The van der Waals surface area contributed by atoms with Crippen molar-refractivity contribution in [1.29, 1.82) is 0 Å². The van der Waals surface area contributed by atoms with Gasteiger partial charge in [0.05, 0.1) is 11.5 Å². The highest BCUT2D eigenvalue weighted by Crippen LogP contribution is 2.30. The molecule has 3 aromatic heterocycles. The van der Waals surface area contributed by atoms with Crippen LogP contribution in [0.25, 0.3) is 22.3 Å². The van der Waals surface area contributed by atoms with Gasteiger partial charge in [-0.15, -0.1) is 11.3 Å². The van der Waals surface area contributed by atoms with Gasteiger partial charge in [0.15, 0.2) is 5.82 Å². The summed E-state index contributed by atoms with van der Waals surface area (Å²) in [5, 5.41) is 1.99. The van der Waals surface area contributed by atoms with Crippen LogP contribution in [0.4, 0.5) is 4.79 Å². The van der Waals surface area contributed by atoms with E-state index in [1.54, 1.807) is 22.4 Å². The summed E-state index contributed by atoms with van der Waals surface area (Å²) < 4.78 is 12.9. The molecule has 130 valence electrons. The number of oxazole rings is 1. The molecule has 25 heavy (non-hydrogen) atoms. The summed E-state index contributed by atoms with van der Waals surface area (Å²) in [4.78, 5) is 23.5. The van der Waals surface area contributed by atoms with E-state index in [4.69, 9.17) is 9.15 Å². The van der Waals surface area contributed by atoms with Crippen molar-refractivity contribution in [2.45, 2.75) is 19.9 Å². The van der Waals surface area contributed by atoms with Crippen LogP contribution in [0.1, 0.15) is 12.2 Å². The Morgan fingerprint density at radius 3 is 3.08 bits per heavy atom. The molecule has 0 aromatic carbocycles. The molecule has 0 aliphatic carbocycles. The summed E-state index contributed by atoms with van der Waals surface area (Å²) in [6.45, 7) is 4.34. The van der Waals surface area contributed by atoms with Crippen LogP contribution >= 0.6 is 11.3 Å². The van der Waals surface area contributed by atoms with Crippen LogP contribution in [0.2, 0.25) is 0 Å². The lowest BCUT2D eigenvalue weighted by atomic mass is 10.3. The van der Waals surface area contributed by atoms with Crippen molar-refractivity contribution in [3.63, 3.8) is 0 Å². The van der Waals surface area contributed by atoms with Crippen LogP contribution in [-0.2, 0) is 11.3 Å². The third kappa shape index (κ3) is 3.17. The van der Waals surface area contributed by atoms with Crippen LogP contribution in [0.5, 0.6) is 0 Å². The van der Waals surface area contributed by atoms with Gasteiger partial charge in [-0.3, -0.25) is 0 Å². The molecule has 8 heteroatoms. The summed E-state index contributed by atoms with van der Waals surface area (Å²) in [5.74, 6) is 2.08. The maximum atomic E-state index is 11.8. The molecule has 1 fully saturated rings. The Kier molecular flexibility index (Phi) is 4.27. The van der Waals surface area contributed by atoms with Crippen molar-refractivity contribution >= 4 is 17.4 Å². The van der Waals surface area contributed by atoms with E-state index in [0.29, 0.717) is 25.6 Å². The van der Waals surface area contributed by atoms with Crippen molar-refractivity contribution in [3.05, 3.63) is 35.7 Å². The molecule has 1 aliphatic rings. The predicted molar refractivity (Wildman–Crippen MR) is 93.3 cm³/mol. The minimum absolute atomic E-state index is 0.245. The zero-order valence-corrected chi connectivity index (χ0v) is 14.7. The van der Waals surface area contributed by atoms with Crippen molar-refractivity contribution < 1.29 is 13.9 Å². The number of carbonyl (C=O) groups is 1. The first-order valence-electron chi connectivity index (χ1n) is 8.17. The third-order valence-electron chi connectivity index (χ3n) is 4.12. The molecule has 0 bridgehead atoms. The van der Waals surface area contributed by atoms with Crippen LogP contribution in [0.15, 0.2) is 34.3 Å². The molecule has 1 amide bonds. The first-order valence-corrected chi connectivity index (χ1v) is 9.05. The zero-order chi connectivity index (χ0) is 17.2. The molecule has 0 radical (unpaired) electrons. The fourth-order valence-electron chi connectivity index (χ4n) is 2.85. The zero-order valence-electron chi connectivity index (χ0n) is 13.8. The van der Waals surface area contributed by atoms with E-state index in [9.17, 15) is 4.79 Å². The SMILES string of the molecule is Cc1oc(-c2cccs2)nc1-c1nccn1CCN1CCCOC1=O. The molecular formula is C17H18N4O3S. The highest BCUT2D eigenvalue weighted by Gasteiger charge is 2.21. The summed E-state index contributed by atoms with van der Waals surface area (Å²) >= 11 is 1.59. The van der Waals surface area contributed by atoms with Crippen molar-refractivity contribution in [2.24, 2.45) is 0 Å². The van der Waals surface area contributed by atoms with Crippen LogP contribution in [0, 0.1) is 6.92 Å². The Morgan fingerprint density at radius 1 is 1.36 bits per heavy atom. The highest BCUT2D eigenvalue weighted by molar-refractivity contribution is 7.13. The second-order valence-corrected chi connectivity index (χ2v) is 6.75. The van der Waals surface area contributed by atoms with Gasteiger partial charge in [-0.1, -0.05) is 6.07 Å². The Balaban J connectivity index is 1.54. The molecule has 0 atom stereocenters. The summed E-state index contributed by atoms with van der Waals surface area (Å²) in [6.07, 6.45) is 4.26. The molecule has 7 nitrogen and oxygen atoms in total. The lowest BCUT2D eigenvalue weighted by molar-refractivity contribution is 0.0716. The molecule has 0 spiro atoms. The topological polar surface area (TPSA) is 73.4 Å². The maximum absolute atomic E-state index is 11.8. The predicted octanol–water partition coefficient (Wildman–Crippen LogP) is 3.42. The number of thiophene rings is 1. The van der Waals surface area contributed by atoms with Gasteiger partial charge in [-0.2, -0.15) is 0 Å². The Bertz CT molecular complexity index is 868. The smallest absolute Gasteiger partial charge is 0.409 e. The standard InChI is InChI=1S/C17H18N4O3S/c1-12-14(19-16(24-12)13-4-2-11-25-13)15-18-5-7-20(15)8-9-21-6-3-10-23-17(21)22/h2,4-5,7,11H,3,6,8-10H2,1H3. The van der Waals surface area contributed by atoms with E-state index in [2.05, 4.69) is 9.97 Å². The molecule has 1 aliphatic heterocycles. The third-order valence-corrected chi connectivity index (χ3v) is 4.98. The minimum Gasteiger partial charge on any atom is -0.449 e. The minimum atomic E-state index is -0.245. The van der Waals surface area contributed by atoms with E-state index in [0.717, 1.165) is 35.1 Å². The number of rotatable bonds is 5. The Hall–Kier alpha value is -2.61. The Morgan fingerprint density at radius 2 is 2.28 bits per heavy atom. The quantitative estimate of drug-likeness (QED) is 0.699. The number of imidazole rings is 1. The first-order chi connectivity index (χ1) is 12.2. The highest BCUT2D eigenvalue weighted by atomic mass is 32.1. The second kappa shape index (κ2) is 6.72. The summed E-state index contributed by atoms with van der Waals surface area (Å²) in [5.41, 5.74) is 0.731. The van der Waals surface area contributed by atoms with Crippen LogP contribution in [-0.4, -0.2) is 45.2 Å². The van der Waals surface area contributed by atoms with Gasteiger partial charge in [0.2, 0.25) is 5.89 Å². The maximum Gasteiger partial charge on any atom is 0.409 e. The average Bonchev–Trinajstić information content (AvgIpc) is 3.34. The van der Waals surface area contributed by atoms with Crippen molar-refractivity contribution in [3.8, 4) is 22.3 Å². The molecule has 4 rings (SSSR count).